The van der Waals surface area contributed by atoms with Crippen molar-refractivity contribution < 1.29 is 22.8 Å². The monoisotopic (exact) mass is 313 g/mol. The lowest BCUT2D eigenvalue weighted by molar-refractivity contribution is -0.386. The smallest absolute Gasteiger partial charge is 0.425 e. The van der Waals surface area contributed by atoms with Crippen LogP contribution in [0.5, 0.6) is 5.75 Å². The van der Waals surface area contributed by atoms with E-state index in [1.165, 1.54) is 6.07 Å². The first kappa shape index (κ1) is 13.8. The Hall–Kier alpha value is -1.31. The SMILES string of the molecule is CC(Oc1ccc(Br)cc1[N+](=O)[O-])C(F)(F)F. The predicted octanol–water partition coefficient (Wildman–Crippen LogP) is 3.69. The fourth-order valence-electron chi connectivity index (χ4n) is 0.990. The maximum Gasteiger partial charge on any atom is 0.425 e. The highest BCUT2D eigenvalue weighted by Crippen LogP contribution is 2.33. The Bertz CT molecular complexity index is 436. The molecule has 17 heavy (non-hydrogen) atoms. The quantitative estimate of drug-likeness (QED) is 0.631. The van der Waals surface area contributed by atoms with E-state index in [0.29, 0.717) is 4.47 Å². The summed E-state index contributed by atoms with van der Waals surface area (Å²) in [6.07, 6.45) is -6.68. The van der Waals surface area contributed by atoms with E-state index in [1.54, 1.807) is 0 Å². The van der Waals surface area contributed by atoms with Crippen molar-refractivity contribution in [1.29, 1.82) is 0 Å². The van der Waals surface area contributed by atoms with E-state index in [4.69, 9.17) is 0 Å². The van der Waals surface area contributed by atoms with Gasteiger partial charge in [0.25, 0.3) is 0 Å². The Morgan fingerprint density at radius 2 is 2.06 bits per heavy atom. The first-order valence-electron chi connectivity index (χ1n) is 4.39. The van der Waals surface area contributed by atoms with Gasteiger partial charge in [-0.3, -0.25) is 10.1 Å². The number of alkyl halides is 3. The molecule has 94 valence electrons. The van der Waals surface area contributed by atoms with Gasteiger partial charge >= 0.3 is 11.9 Å². The van der Waals surface area contributed by atoms with Crippen LogP contribution in [0.4, 0.5) is 18.9 Å². The van der Waals surface area contributed by atoms with Crippen LogP contribution in [0.3, 0.4) is 0 Å². The van der Waals surface area contributed by atoms with Crippen LogP contribution < -0.4 is 4.74 Å². The van der Waals surface area contributed by atoms with Crippen LogP contribution in [0.2, 0.25) is 0 Å². The molecule has 4 nitrogen and oxygen atoms in total. The van der Waals surface area contributed by atoms with Crippen LogP contribution in [0.15, 0.2) is 22.7 Å². The van der Waals surface area contributed by atoms with E-state index in [0.717, 1.165) is 19.1 Å². The minimum absolute atomic E-state index is 0.385. The highest BCUT2D eigenvalue weighted by atomic mass is 79.9. The average Bonchev–Trinajstić information content (AvgIpc) is 2.18. The van der Waals surface area contributed by atoms with E-state index in [9.17, 15) is 23.3 Å². The molecule has 0 aromatic heterocycles. The zero-order valence-electron chi connectivity index (χ0n) is 8.49. The summed E-state index contributed by atoms with van der Waals surface area (Å²) in [5.41, 5.74) is -0.518. The number of hydrogen-bond donors (Lipinski definition) is 0. The Labute approximate surface area is 103 Å². The lowest BCUT2D eigenvalue weighted by Crippen LogP contribution is -2.31. The molecule has 0 amide bonds. The van der Waals surface area contributed by atoms with Crippen molar-refractivity contribution in [3.05, 3.63) is 32.8 Å². The second-order valence-electron chi connectivity index (χ2n) is 3.17. The normalized spacial score (nSPS) is 13.2. The van der Waals surface area contributed by atoms with Gasteiger partial charge in [0, 0.05) is 10.5 Å². The lowest BCUT2D eigenvalue weighted by atomic mass is 10.3. The molecular formula is C9H7BrF3NO3. The van der Waals surface area contributed by atoms with Crippen molar-refractivity contribution in [2.24, 2.45) is 0 Å². The topological polar surface area (TPSA) is 52.4 Å². The molecule has 0 aliphatic heterocycles. The largest absolute Gasteiger partial charge is 0.474 e. The van der Waals surface area contributed by atoms with Crippen molar-refractivity contribution in [2.45, 2.75) is 19.2 Å². The Morgan fingerprint density at radius 1 is 1.47 bits per heavy atom. The number of nitro groups is 1. The first-order chi connectivity index (χ1) is 7.71. The number of ether oxygens (including phenoxy) is 1. The van der Waals surface area contributed by atoms with Gasteiger partial charge in [-0.2, -0.15) is 13.2 Å². The summed E-state index contributed by atoms with van der Waals surface area (Å²) in [4.78, 5) is 9.83. The predicted molar refractivity (Wildman–Crippen MR) is 56.9 cm³/mol. The van der Waals surface area contributed by atoms with Crippen molar-refractivity contribution in [1.82, 2.24) is 0 Å². The van der Waals surface area contributed by atoms with Gasteiger partial charge in [0.2, 0.25) is 0 Å². The molecule has 0 bridgehead atoms. The highest BCUT2D eigenvalue weighted by Gasteiger charge is 2.39. The van der Waals surface area contributed by atoms with Crippen LogP contribution in [0, 0.1) is 10.1 Å². The van der Waals surface area contributed by atoms with Gasteiger partial charge < -0.3 is 4.74 Å². The minimum Gasteiger partial charge on any atom is -0.474 e. The molecule has 1 unspecified atom stereocenters. The van der Waals surface area contributed by atoms with Crippen molar-refractivity contribution in [2.75, 3.05) is 0 Å². The van der Waals surface area contributed by atoms with Gasteiger partial charge in [0.1, 0.15) is 0 Å². The maximum atomic E-state index is 12.2. The van der Waals surface area contributed by atoms with Gasteiger partial charge in [0.15, 0.2) is 11.9 Å². The fraction of sp³-hybridized carbons (Fsp3) is 0.333. The van der Waals surface area contributed by atoms with E-state index >= 15 is 0 Å². The fourth-order valence-corrected chi connectivity index (χ4v) is 1.34. The third kappa shape index (κ3) is 3.58. The molecule has 1 aromatic carbocycles. The number of nitro benzene ring substituents is 1. The van der Waals surface area contributed by atoms with Crippen LogP contribution in [-0.4, -0.2) is 17.2 Å². The summed E-state index contributed by atoms with van der Waals surface area (Å²) in [6.45, 7) is 0.784. The Kier molecular flexibility index (Phi) is 3.97. The zero-order chi connectivity index (χ0) is 13.2. The van der Waals surface area contributed by atoms with Crippen LogP contribution in [0.1, 0.15) is 6.92 Å². The van der Waals surface area contributed by atoms with Gasteiger partial charge in [-0.05, 0) is 19.1 Å². The summed E-state index contributed by atoms with van der Waals surface area (Å²) >= 11 is 2.99. The number of rotatable bonds is 3. The maximum absolute atomic E-state index is 12.2. The third-order valence-electron chi connectivity index (χ3n) is 1.88. The molecule has 0 aliphatic carbocycles. The number of benzene rings is 1. The first-order valence-corrected chi connectivity index (χ1v) is 5.18. The standard InChI is InChI=1S/C9H7BrF3NO3/c1-5(9(11,12)13)17-8-3-2-6(10)4-7(8)14(15)16/h2-5H,1H3. The Morgan fingerprint density at radius 3 is 2.53 bits per heavy atom. The van der Waals surface area contributed by atoms with E-state index in [-0.39, 0.29) is 0 Å². The van der Waals surface area contributed by atoms with E-state index in [1.807, 2.05) is 0 Å². The molecule has 0 saturated carbocycles. The van der Waals surface area contributed by atoms with Gasteiger partial charge in [-0.25, -0.2) is 0 Å². The molecule has 8 heteroatoms. The number of halogens is 4. The van der Waals surface area contributed by atoms with E-state index < -0.39 is 28.6 Å². The average molecular weight is 314 g/mol. The van der Waals surface area contributed by atoms with Crippen LogP contribution >= 0.6 is 15.9 Å². The van der Waals surface area contributed by atoms with Gasteiger partial charge in [-0.1, -0.05) is 15.9 Å². The van der Waals surface area contributed by atoms with Gasteiger partial charge in [-0.15, -0.1) is 0 Å². The van der Waals surface area contributed by atoms with E-state index in [2.05, 4.69) is 20.7 Å². The molecule has 0 saturated heterocycles. The van der Waals surface area contributed by atoms with Crippen molar-refractivity contribution in [3.63, 3.8) is 0 Å². The second kappa shape index (κ2) is 4.91. The summed E-state index contributed by atoms with van der Waals surface area (Å²) < 4.78 is 41.7. The molecule has 1 atom stereocenters. The molecule has 0 N–H and O–H groups in total. The van der Waals surface area contributed by atoms with Crippen LogP contribution in [0.25, 0.3) is 0 Å². The minimum atomic E-state index is -4.57. The zero-order valence-corrected chi connectivity index (χ0v) is 10.1. The van der Waals surface area contributed by atoms with Crippen molar-refractivity contribution >= 4 is 21.6 Å². The van der Waals surface area contributed by atoms with Crippen molar-refractivity contribution in [3.8, 4) is 5.75 Å². The van der Waals surface area contributed by atoms with Gasteiger partial charge in [0.05, 0.1) is 4.92 Å². The molecule has 0 spiro atoms. The number of nitrogens with zero attached hydrogens (tertiary/aromatic N) is 1. The third-order valence-corrected chi connectivity index (χ3v) is 2.38. The molecule has 0 aliphatic rings. The summed E-state index contributed by atoms with van der Waals surface area (Å²) in [5, 5.41) is 10.6. The highest BCUT2D eigenvalue weighted by molar-refractivity contribution is 9.10. The molecule has 0 radical (unpaired) electrons. The molecule has 0 heterocycles. The number of hydrogen-bond acceptors (Lipinski definition) is 3. The lowest BCUT2D eigenvalue weighted by Gasteiger charge is -2.17. The summed E-state index contributed by atoms with van der Waals surface area (Å²) in [6, 6.07) is 3.56. The molecule has 0 fully saturated rings. The second-order valence-corrected chi connectivity index (χ2v) is 4.09. The van der Waals surface area contributed by atoms with Crippen LogP contribution in [-0.2, 0) is 0 Å². The molecular weight excluding hydrogens is 307 g/mol. The summed E-state index contributed by atoms with van der Waals surface area (Å²) in [5.74, 6) is -0.414. The summed E-state index contributed by atoms with van der Waals surface area (Å²) in [7, 11) is 0. The molecule has 1 aromatic rings. The Balaban J connectivity index is 3.03. The molecule has 1 rings (SSSR count).